The van der Waals surface area contributed by atoms with Crippen molar-refractivity contribution < 1.29 is 32.2 Å². The average molecular weight is 573 g/mol. The molecule has 0 spiro atoms. The van der Waals surface area contributed by atoms with Crippen molar-refractivity contribution in [3.05, 3.63) is 35.2 Å². The summed E-state index contributed by atoms with van der Waals surface area (Å²) >= 11 is 0. The van der Waals surface area contributed by atoms with E-state index in [-0.39, 0.29) is 22.9 Å². The van der Waals surface area contributed by atoms with Gasteiger partial charge in [-0.1, -0.05) is 19.3 Å². The number of aromatic nitrogens is 3. The summed E-state index contributed by atoms with van der Waals surface area (Å²) in [6.45, 7) is 4.87. The van der Waals surface area contributed by atoms with Gasteiger partial charge in [0.15, 0.2) is 11.5 Å². The summed E-state index contributed by atoms with van der Waals surface area (Å²) in [5, 5.41) is 3.14. The van der Waals surface area contributed by atoms with Gasteiger partial charge in [0.25, 0.3) is 5.91 Å². The van der Waals surface area contributed by atoms with Crippen LogP contribution in [0.5, 0.6) is 11.5 Å². The van der Waals surface area contributed by atoms with Crippen LogP contribution in [0.15, 0.2) is 18.3 Å². The maximum Gasteiger partial charge on any atom is 0.418 e. The number of anilines is 2. The van der Waals surface area contributed by atoms with Gasteiger partial charge in [0.2, 0.25) is 5.95 Å². The second kappa shape index (κ2) is 10.4. The maximum absolute atomic E-state index is 13.8. The van der Waals surface area contributed by atoms with Gasteiger partial charge in [-0.15, -0.1) is 0 Å². The molecule has 1 saturated carbocycles. The van der Waals surface area contributed by atoms with Crippen LogP contribution < -0.4 is 14.8 Å². The molecule has 1 amide bonds. The van der Waals surface area contributed by atoms with E-state index in [4.69, 9.17) is 14.2 Å². The highest BCUT2D eigenvalue weighted by Crippen LogP contribution is 2.43. The van der Waals surface area contributed by atoms with Crippen molar-refractivity contribution in [2.24, 2.45) is 5.92 Å². The van der Waals surface area contributed by atoms with Crippen LogP contribution in [0.3, 0.4) is 0 Å². The fraction of sp³-hybridized carbons (Fsp3) is 0.536. The highest BCUT2D eigenvalue weighted by molar-refractivity contribution is 5.99. The number of halogens is 3. The molecule has 3 aromatic rings. The highest BCUT2D eigenvalue weighted by atomic mass is 19.4. The van der Waals surface area contributed by atoms with Gasteiger partial charge in [-0.2, -0.15) is 18.2 Å². The number of rotatable bonds is 6. The van der Waals surface area contributed by atoms with Crippen LogP contribution in [0.1, 0.15) is 40.9 Å². The Hall–Kier alpha value is -3.58. The number of nitrogens with zero attached hydrogens (tertiary/aromatic N) is 4. The highest BCUT2D eigenvalue weighted by Gasteiger charge is 2.37. The Labute approximate surface area is 234 Å². The molecular weight excluding hydrogens is 541 g/mol. The normalized spacial score (nSPS) is 20.1. The third kappa shape index (κ3) is 4.94. The van der Waals surface area contributed by atoms with Gasteiger partial charge in [0.05, 0.1) is 47.2 Å². The van der Waals surface area contributed by atoms with Crippen LogP contribution >= 0.6 is 0 Å². The molecule has 13 heteroatoms. The first kappa shape index (κ1) is 26.3. The van der Waals surface area contributed by atoms with Crippen molar-refractivity contribution in [3.8, 4) is 11.5 Å². The molecule has 3 aliphatic heterocycles. The molecule has 1 aromatic carbocycles. The monoisotopic (exact) mass is 572 g/mol. The van der Waals surface area contributed by atoms with Crippen LogP contribution in [0.25, 0.3) is 11.0 Å². The number of nitrogens with one attached hydrogen (secondary N) is 2. The number of aromatic amines is 1. The van der Waals surface area contributed by atoms with Crippen LogP contribution in [-0.4, -0.2) is 89.3 Å². The Bertz CT molecular complexity index is 1460. The number of H-pyrrole nitrogens is 1. The van der Waals surface area contributed by atoms with Crippen molar-refractivity contribution >= 4 is 28.6 Å². The lowest BCUT2D eigenvalue weighted by Crippen LogP contribution is -2.57. The summed E-state index contributed by atoms with van der Waals surface area (Å²) in [4.78, 5) is 29.3. The van der Waals surface area contributed by atoms with Gasteiger partial charge < -0.3 is 29.4 Å². The third-order valence-electron chi connectivity index (χ3n) is 8.52. The third-order valence-corrected chi connectivity index (χ3v) is 8.52. The lowest BCUT2D eigenvalue weighted by Gasteiger charge is -2.42. The van der Waals surface area contributed by atoms with E-state index in [1.807, 2.05) is 4.90 Å². The predicted molar refractivity (Wildman–Crippen MR) is 143 cm³/mol. The van der Waals surface area contributed by atoms with E-state index in [9.17, 15) is 18.0 Å². The fourth-order valence-electron chi connectivity index (χ4n) is 5.92. The quantitative estimate of drug-likeness (QED) is 0.457. The number of carbonyl (C=O) groups excluding carboxylic acids is 1. The molecular formula is C28H31F3N6O4. The fourth-order valence-corrected chi connectivity index (χ4v) is 5.92. The predicted octanol–water partition coefficient (Wildman–Crippen LogP) is 3.99. The second-order valence-electron chi connectivity index (χ2n) is 11.1. The molecule has 0 atom stereocenters. The zero-order chi connectivity index (χ0) is 28.1. The molecule has 4 aliphatic rings. The molecule has 41 heavy (non-hydrogen) atoms. The van der Waals surface area contributed by atoms with E-state index >= 15 is 0 Å². The van der Waals surface area contributed by atoms with Crippen molar-refractivity contribution in [2.45, 2.75) is 37.9 Å². The topological polar surface area (TPSA) is 105 Å². The van der Waals surface area contributed by atoms with Crippen LogP contribution in [-0.2, 0) is 17.3 Å². The summed E-state index contributed by atoms with van der Waals surface area (Å²) in [6.07, 6.45) is -0.109. The minimum atomic E-state index is -4.52. The van der Waals surface area contributed by atoms with E-state index in [1.165, 1.54) is 0 Å². The van der Waals surface area contributed by atoms with Crippen molar-refractivity contribution in [2.75, 3.05) is 57.9 Å². The van der Waals surface area contributed by atoms with Crippen molar-refractivity contribution in [1.29, 1.82) is 0 Å². The number of ether oxygens (including phenoxy) is 3. The molecule has 2 N–H and O–H groups in total. The van der Waals surface area contributed by atoms with Crippen LogP contribution in [0.2, 0.25) is 0 Å². The van der Waals surface area contributed by atoms with Crippen molar-refractivity contribution in [3.63, 3.8) is 0 Å². The molecule has 1 aliphatic carbocycles. The Morgan fingerprint density at radius 2 is 1.80 bits per heavy atom. The maximum atomic E-state index is 13.8. The number of hydrogen-bond donors (Lipinski definition) is 2. The number of carbonyl (C=O) groups is 1. The van der Waals surface area contributed by atoms with Gasteiger partial charge >= 0.3 is 6.18 Å². The molecule has 7 rings (SSSR count). The number of hydrogen-bond acceptors (Lipinski definition) is 8. The number of fused-ring (bicyclic) bond motifs is 2. The Morgan fingerprint density at radius 1 is 1.05 bits per heavy atom. The van der Waals surface area contributed by atoms with Gasteiger partial charge in [-0.05, 0) is 24.5 Å². The summed E-state index contributed by atoms with van der Waals surface area (Å²) in [7, 11) is 0. The molecule has 2 aromatic heterocycles. The van der Waals surface area contributed by atoms with Gasteiger partial charge in [0, 0.05) is 32.4 Å². The first-order valence-corrected chi connectivity index (χ1v) is 14.1. The van der Waals surface area contributed by atoms with E-state index in [0.29, 0.717) is 73.1 Å². The zero-order valence-corrected chi connectivity index (χ0v) is 22.4. The Morgan fingerprint density at radius 3 is 2.46 bits per heavy atom. The van der Waals surface area contributed by atoms with Crippen molar-refractivity contribution in [1.82, 2.24) is 24.8 Å². The molecule has 0 bridgehead atoms. The molecule has 2 saturated heterocycles. The van der Waals surface area contributed by atoms with Gasteiger partial charge in [-0.25, -0.2) is 4.98 Å². The molecule has 0 unspecified atom stereocenters. The van der Waals surface area contributed by atoms with E-state index in [1.54, 1.807) is 12.1 Å². The van der Waals surface area contributed by atoms with E-state index in [0.717, 1.165) is 51.8 Å². The molecule has 3 fully saturated rings. The van der Waals surface area contributed by atoms with E-state index in [2.05, 4.69) is 25.2 Å². The average Bonchev–Trinajstić information content (AvgIpc) is 3.35. The SMILES string of the molecule is O=C(c1ccc(Nc2nc(CC3CCC3)c3c(C(F)(F)F)c[nH]c3n2)c2c1OCCO2)N1CCN(C2COC2)CC1. The second-order valence-corrected chi connectivity index (χ2v) is 11.1. The molecule has 218 valence electrons. The summed E-state index contributed by atoms with van der Waals surface area (Å²) in [6, 6.07) is 3.83. The molecule has 5 heterocycles. The van der Waals surface area contributed by atoms with Crippen LogP contribution in [0.4, 0.5) is 24.8 Å². The summed E-state index contributed by atoms with van der Waals surface area (Å²) < 4.78 is 58.4. The zero-order valence-electron chi connectivity index (χ0n) is 22.4. The number of benzene rings is 1. The number of alkyl halides is 3. The largest absolute Gasteiger partial charge is 0.485 e. The first-order chi connectivity index (χ1) is 19.8. The molecule has 0 radical (unpaired) electrons. The summed E-state index contributed by atoms with van der Waals surface area (Å²) in [5.74, 6) is 1.02. The standard InChI is InChI=1S/C28H31F3N6O4/c29-28(30,31)19-13-32-25-22(19)21(12-16-2-1-3-16)34-27(35-25)33-20-5-4-18(23-24(20)41-11-10-40-23)26(38)37-8-6-36(7-9-37)17-14-39-15-17/h4-5,13,16-17H,1-3,6-12,14-15H2,(H2,32,33,34,35). The smallest absolute Gasteiger partial charge is 0.418 e. The summed E-state index contributed by atoms with van der Waals surface area (Å²) in [5.41, 5.74) is 0.609. The minimum absolute atomic E-state index is 0.0161. The van der Waals surface area contributed by atoms with E-state index < -0.39 is 11.7 Å². The van der Waals surface area contributed by atoms with Gasteiger partial charge in [0.1, 0.15) is 18.9 Å². The number of amides is 1. The lowest BCUT2D eigenvalue weighted by molar-refractivity contribution is -0.136. The Balaban J connectivity index is 1.17. The van der Waals surface area contributed by atoms with Crippen LogP contribution in [0, 0.1) is 5.92 Å². The molecule has 10 nitrogen and oxygen atoms in total. The van der Waals surface area contributed by atoms with Gasteiger partial charge in [-0.3, -0.25) is 9.69 Å². The minimum Gasteiger partial charge on any atom is -0.485 e. The number of piperazine rings is 1. The Kier molecular flexibility index (Phi) is 6.65. The first-order valence-electron chi connectivity index (χ1n) is 14.1. The lowest BCUT2D eigenvalue weighted by atomic mass is 9.81.